The molecule has 1 fully saturated rings. The topological polar surface area (TPSA) is 84.2 Å². The van der Waals surface area contributed by atoms with Crippen LogP contribution in [0, 0.1) is 0 Å². The molecule has 3 aromatic heterocycles. The van der Waals surface area contributed by atoms with Crippen LogP contribution in [0.4, 0.5) is 0 Å². The van der Waals surface area contributed by atoms with Gasteiger partial charge in [0.15, 0.2) is 5.76 Å². The predicted molar refractivity (Wildman–Crippen MR) is 99.4 cm³/mol. The van der Waals surface area contributed by atoms with Crippen molar-refractivity contribution >= 4 is 5.91 Å². The summed E-state index contributed by atoms with van der Waals surface area (Å²) in [5.41, 5.74) is 2.30. The third kappa shape index (κ3) is 4.03. The molecule has 1 N–H and O–H groups in total. The highest BCUT2D eigenvalue weighted by Gasteiger charge is 2.29. The van der Waals surface area contributed by atoms with Crippen molar-refractivity contribution in [1.29, 1.82) is 0 Å². The molecule has 27 heavy (non-hydrogen) atoms. The zero-order chi connectivity index (χ0) is 18.5. The van der Waals surface area contributed by atoms with Crippen molar-refractivity contribution in [2.24, 2.45) is 0 Å². The molecule has 1 aliphatic rings. The molecular formula is C20H21N5O2. The first kappa shape index (κ1) is 17.4. The minimum Gasteiger partial charge on any atom is -0.359 e. The van der Waals surface area contributed by atoms with Gasteiger partial charge in [-0.2, -0.15) is 0 Å². The lowest BCUT2D eigenvalue weighted by atomic mass is 10.1. The van der Waals surface area contributed by atoms with Crippen molar-refractivity contribution in [3.8, 4) is 11.4 Å². The van der Waals surface area contributed by atoms with Crippen LogP contribution in [-0.2, 0) is 11.3 Å². The molecule has 0 aromatic carbocycles. The number of carbonyl (C=O) groups is 1. The van der Waals surface area contributed by atoms with Crippen LogP contribution in [0.3, 0.4) is 0 Å². The molecular weight excluding hydrogens is 342 g/mol. The number of nitrogens with zero attached hydrogens (tertiary/aromatic N) is 4. The number of carbonyl (C=O) groups excluding carboxylic acids is 1. The van der Waals surface area contributed by atoms with Crippen molar-refractivity contribution < 1.29 is 9.32 Å². The van der Waals surface area contributed by atoms with Crippen LogP contribution < -0.4 is 5.32 Å². The third-order valence-electron chi connectivity index (χ3n) is 4.68. The van der Waals surface area contributed by atoms with Crippen molar-refractivity contribution in [1.82, 2.24) is 25.3 Å². The molecule has 0 radical (unpaired) electrons. The molecule has 3 aromatic rings. The van der Waals surface area contributed by atoms with Crippen LogP contribution in [0.2, 0.25) is 0 Å². The monoisotopic (exact) mass is 363 g/mol. The van der Waals surface area contributed by atoms with Gasteiger partial charge in [-0.3, -0.25) is 19.7 Å². The normalized spacial score (nSPS) is 15.6. The summed E-state index contributed by atoms with van der Waals surface area (Å²) in [6.07, 6.45) is 7.41. The van der Waals surface area contributed by atoms with Crippen LogP contribution in [0.25, 0.3) is 11.4 Å². The Kier molecular flexibility index (Phi) is 5.20. The summed E-state index contributed by atoms with van der Waals surface area (Å²) in [6.45, 7) is 2.11. The van der Waals surface area contributed by atoms with Crippen molar-refractivity contribution in [2.45, 2.75) is 25.4 Å². The molecule has 1 atom stereocenters. The third-order valence-corrected chi connectivity index (χ3v) is 4.68. The molecule has 0 saturated carbocycles. The van der Waals surface area contributed by atoms with Crippen LogP contribution in [-0.4, -0.2) is 39.0 Å². The Labute approximate surface area is 157 Å². The first-order valence-electron chi connectivity index (χ1n) is 9.10. The van der Waals surface area contributed by atoms with Crippen molar-refractivity contribution in [2.75, 3.05) is 13.1 Å². The second kappa shape index (κ2) is 8.09. The number of aromatic nitrogens is 3. The Morgan fingerprint density at radius 2 is 2.04 bits per heavy atom. The van der Waals surface area contributed by atoms with Gasteiger partial charge in [-0.25, -0.2) is 0 Å². The Morgan fingerprint density at radius 3 is 2.78 bits per heavy atom. The number of hydrogen-bond donors (Lipinski definition) is 1. The quantitative estimate of drug-likeness (QED) is 0.725. The summed E-state index contributed by atoms with van der Waals surface area (Å²) in [7, 11) is 0. The molecule has 138 valence electrons. The molecule has 1 saturated heterocycles. The van der Waals surface area contributed by atoms with Gasteiger partial charge in [-0.1, -0.05) is 17.3 Å². The van der Waals surface area contributed by atoms with E-state index in [1.54, 1.807) is 24.7 Å². The molecule has 7 heteroatoms. The summed E-state index contributed by atoms with van der Waals surface area (Å²) >= 11 is 0. The minimum absolute atomic E-state index is 0.0549. The van der Waals surface area contributed by atoms with Gasteiger partial charge in [0.25, 0.3) is 0 Å². The van der Waals surface area contributed by atoms with Crippen LogP contribution in [0.15, 0.2) is 59.5 Å². The summed E-state index contributed by atoms with van der Waals surface area (Å²) in [5.74, 6) is 0.538. The Morgan fingerprint density at radius 1 is 1.15 bits per heavy atom. The summed E-state index contributed by atoms with van der Waals surface area (Å²) in [4.78, 5) is 23.6. The largest absolute Gasteiger partial charge is 0.359 e. The number of amides is 1. The van der Waals surface area contributed by atoms with Gasteiger partial charge in [0, 0.05) is 24.7 Å². The molecule has 1 unspecified atom stereocenters. The molecule has 7 nitrogen and oxygen atoms in total. The number of rotatable bonds is 6. The van der Waals surface area contributed by atoms with E-state index >= 15 is 0 Å². The maximum Gasteiger partial charge on any atom is 0.242 e. The van der Waals surface area contributed by atoms with Crippen molar-refractivity contribution in [3.05, 3.63) is 66.3 Å². The van der Waals surface area contributed by atoms with Gasteiger partial charge >= 0.3 is 0 Å². The molecule has 4 heterocycles. The standard InChI is InChI=1S/C20H21N5O2/c26-20(19(25-10-3-4-11-25)15-6-5-8-21-13-15)23-14-16-12-18(24-27-16)17-7-1-2-9-22-17/h1-2,5-9,12-13,19H,3-4,10-11,14H2,(H,23,26). The fraction of sp³-hybridized carbons (Fsp3) is 0.300. The lowest BCUT2D eigenvalue weighted by Crippen LogP contribution is -2.39. The van der Waals surface area contributed by atoms with E-state index in [-0.39, 0.29) is 18.5 Å². The van der Waals surface area contributed by atoms with Gasteiger partial charge < -0.3 is 9.84 Å². The SMILES string of the molecule is O=C(NCc1cc(-c2ccccn2)no1)C(c1cccnc1)N1CCCC1. The molecule has 0 spiro atoms. The van der Waals surface area contributed by atoms with Gasteiger partial charge in [0.2, 0.25) is 5.91 Å². The highest BCUT2D eigenvalue weighted by molar-refractivity contribution is 5.83. The van der Waals surface area contributed by atoms with E-state index in [0.717, 1.165) is 37.2 Å². The second-order valence-corrected chi connectivity index (χ2v) is 6.54. The second-order valence-electron chi connectivity index (χ2n) is 6.54. The van der Waals surface area contributed by atoms with E-state index in [1.807, 2.05) is 30.3 Å². The predicted octanol–water partition coefficient (Wildman–Crippen LogP) is 2.58. The summed E-state index contributed by atoms with van der Waals surface area (Å²) < 4.78 is 5.35. The van der Waals surface area contributed by atoms with E-state index < -0.39 is 0 Å². The lowest BCUT2D eigenvalue weighted by Gasteiger charge is -2.26. The Hall–Kier alpha value is -3.06. The summed E-state index contributed by atoms with van der Waals surface area (Å²) in [6, 6.07) is 10.9. The maximum atomic E-state index is 12.9. The Balaban J connectivity index is 1.45. The number of hydrogen-bond acceptors (Lipinski definition) is 6. The maximum absolute atomic E-state index is 12.9. The smallest absolute Gasteiger partial charge is 0.242 e. The van der Waals surface area contributed by atoms with E-state index in [2.05, 4.69) is 25.3 Å². The van der Waals surface area contributed by atoms with Gasteiger partial charge in [0.05, 0.1) is 12.2 Å². The highest BCUT2D eigenvalue weighted by atomic mass is 16.5. The van der Waals surface area contributed by atoms with E-state index in [0.29, 0.717) is 11.5 Å². The van der Waals surface area contributed by atoms with E-state index in [1.165, 1.54) is 0 Å². The van der Waals surface area contributed by atoms with Crippen LogP contribution >= 0.6 is 0 Å². The summed E-state index contributed by atoms with van der Waals surface area (Å²) in [5, 5.41) is 7.01. The minimum atomic E-state index is -0.334. The lowest BCUT2D eigenvalue weighted by molar-refractivity contribution is -0.126. The molecule has 0 aliphatic carbocycles. The first-order valence-corrected chi connectivity index (χ1v) is 9.10. The number of pyridine rings is 2. The average Bonchev–Trinajstić information content (AvgIpc) is 3.41. The first-order chi connectivity index (χ1) is 13.3. The van der Waals surface area contributed by atoms with Gasteiger partial charge in [-0.05, 0) is 49.7 Å². The van der Waals surface area contributed by atoms with Crippen LogP contribution in [0.1, 0.15) is 30.2 Å². The zero-order valence-electron chi connectivity index (χ0n) is 14.9. The number of likely N-dealkylation sites (tertiary alicyclic amines) is 1. The van der Waals surface area contributed by atoms with E-state index in [4.69, 9.17) is 4.52 Å². The van der Waals surface area contributed by atoms with Crippen LogP contribution in [0.5, 0.6) is 0 Å². The molecule has 4 rings (SSSR count). The van der Waals surface area contributed by atoms with Gasteiger partial charge in [0.1, 0.15) is 11.7 Å². The Bertz CT molecular complexity index is 876. The van der Waals surface area contributed by atoms with Gasteiger partial charge in [-0.15, -0.1) is 0 Å². The van der Waals surface area contributed by atoms with E-state index in [9.17, 15) is 4.79 Å². The van der Waals surface area contributed by atoms with Crippen molar-refractivity contribution in [3.63, 3.8) is 0 Å². The highest BCUT2D eigenvalue weighted by Crippen LogP contribution is 2.25. The number of nitrogens with one attached hydrogen (secondary N) is 1. The fourth-order valence-electron chi connectivity index (χ4n) is 3.37. The molecule has 1 aliphatic heterocycles. The molecule has 0 bridgehead atoms. The molecule has 1 amide bonds. The zero-order valence-corrected chi connectivity index (χ0v) is 14.9. The fourth-order valence-corrected chi connectivity index (χ4v) is 3.37. The average molecular weight is 363 g/mol.